The number of terminal acetylenes is 1. The number of nitrogens with zero attached hydrogens (tertiary/aromatic N) is 2. The molecule has 0 spiro atoms. The maximum absolute atomic E-state index is 12.0. The van der Waals surface area contributed by atoms with Crippen LogP contribution in [-0.2, 0) is 7.05 Å². The Labute approximate surface area is 118 Å². The van der Waals surface area contributed by atoms with Crippen molar-refractivity contribution in [1.82, 2.24) is 15.1 Å². The third-order valence-corrected chi connectivity index (χ3v) is 2.97. The highest BCUT2D eigenvalue weighted by Crippen LogP contribution is 2.14. The van der Waals surface area contributed by atoms with Crippen LogP contribution in [0.3, 0.4) is 0 Å². The van der Waals surface area contributed by atoms with Crippen LogP contribution in [0.2, 0.25) is 0 Å². The second-order valence-corrected chi connectivity index (χ2v) is 4.41. The number of aromatic nitrogens is 2. The van der Waals surface area contributed by atoms with E-state index < -0.39 is 0 Å². The number of nitrogens with one attached hydrogen (secondary N) is 2. The molecule has 5 nitrogen and oxygen atoms in total. The minimum atomic E-state index is -0.318. The molecular weight excluding hydrogens is 252 g/mol. The van der Waals surface area contributed by atoms with Crippen LogP contribution in [0, 0.1) is 12.3 Å². The van der Waals surface area contributed by atoms with Crippen LogP contribution in [0.4, 0.5) is 10.6 Å². The number of benzene rings is 1. The minimum Gasteiger partial charge on any atom is -0.331 e. The van der Waals surface area contributed by atoms with Gasteiger partial charge in [0.05, 0.1) is 17.8 Å². The molecule has 0 aliphatic rings. The first kappa shape index (κ1) is 13.7. The fourth-order valence-corrected chi connectivity index (χ4v) is 1.86. The second-order valence-electron chi connectivity index (χ2n) is 4.41. The third-order valence-electron chi connectivity index (χ3n) is 2.97. The van der Waals surface area contributed by atoms with Crippen molar-refractivity contribution in [3.63, 3.8) is 0 Å². The topological polar surface area (TPSA) is 59.0 Å². The highest BCUT2D eigenvalue weighted by molar-refractivity contribution is 5.90. The molecule has 102 valence electrons. The van der Waals surface area contributed by atoms with E-state index in [1.807, 2.05) is 37.3 Å². The minimum absolute atomic E-state index is 0.0984. The molecular formula is C15H16N4O. The highest BCUT2D eigenvalue weighted by atomic mass is 16.2. The summed E-state index contributed by atoms with van der Waals surface area (Å²) in [6, 6.07) is 9.31. The van der Waals surface area contributed by atoms with Gasteiger partial charge in [-0.15, -0.1) is 6.42 Å². The van der Waals surface area contributed by atoms with Gasteiger partial charge in [-0.05, 0) is 12.5 Å². The fraction of sp³-hybridized carbons (Fsp3) is 0.200. The fourth-order valence-electron chi connectivity index (χ4n) is 1.86. The summed E-state index contributed by atoms with van der Waals surface area (Å²) in [4.78, 5) is 12.0. The number of hydrogen-bond donors (Lipinski definition) is 2. The van der Waals surface area contributed by atoms with Crippen LogP contribution in [0.25, 0.3) is 0 Å². The van der Waals surface area contributed by atoms with Crippen molar-refractivity contribution in [3.8, 4) is 12.3 Å². The van der Waals surface area contributed by atoms with Crippen molar-refractivity contribution in [2.45, 2.75) is 13.0 Å². The van der Waals surface area contributed by atoms with Gasteiger partial charge in [-0.1, -0.05) is 36.3 Å². The number of amides is 2. The molecule has 1 aromatic carbocycles. The first-order valence-electron chi connectivity index (χ1n) is 6.23. The van der Waals surface area contributed by atoms with Gasteiger partial charge in [0.2, 0.25) is 0 Å². The number of carbonyl (C=O) groups excluding carboxylic acids is 1. The first-order chi connectivity index (χ1) is 9.61. The molecule has 5 heteroatoms. The summed E-state index contributed by atoms with van der Waals surface area (Å²) in [7, 11) is 1.72. The highest BCUT2D eigenvalue weighted by Gasteiger charge is 2.13. The SMILES string of the molecule is C#Cc1cnn(C)c1NC(=O)N[C@H](C)c1ccccc1. The number of hydrogen-bond acceptors (Lipinski definition) is 2. The quantitative estimate of drug-likeness (QED) is 0.839. The van der Waals surface area contributed by atoms with E-state index in [0.29, 0.717) is 11.4 Å². The van der Waals surface area contributed by atoms with Crippen molar-refractivity contribution >= 4 is 11.8 Å². The van der Waals surface area contributed by atoms with E-state index in [1.54, 1.807) is 7.05 Å². The van der Waals surface area contributed by atoms with E-state index in [1.165, 1.54) is 10.9 Å². The Morgan fingerprint density at radius 3 is 2.75 bits per heavy atom. The van der Waals surface area contributed by atoms with Gasteiger partial charge < -0.3 is 5.32 Å². The number of anilines is 1. The lowest BCUT2D eigenvalue weighted by atomic mass is 10.1. The lowest BCUT2D eigenvalue weighted by Crippen LogP contribution is -2.32. The summed E-state index contributed by atoms with van der Waals surface area (Å²) in [5, 5.41) is 9.58. The van der Waals surface area contributed by atoms with Crippen LogP contribution in [0.5, 0.6) is 0 Å². The van der Waals surface area contributed by atoms with Gasteiger partial charge in [0.15, 0.2) is 0 Å². The van der Waals surface area contributed by atoms with Gasteiger partial charge in [0, 0.05) is 7.05 Å². The molecule has 1 atom stereocenters. The summed E-state index contributed by atoms with van der Waals surface area (Å²) in [5.41, 5.74) is 1.58. The maximum Gasteiger partial charge on any atom is 0.320 e. The molecule has 20 heavy (non-hydrogen) atoms. The van der Waals surface area contributed by atoms with Gasteiger partial charge in [-0.25, -0.2) is 4.79 Å². The van der Waals surface area contributed by atoms with E-state index >= 15 is 0 Å². The number of carbonyl (C=O) groups is 1. The summed E-state index contributed by atoms with van der Waals surface area (Å²) in [6.45, 7) is 1.92. The molecule has 1 aromatic heterocycles. The molecule has 0 saturated heterocycles. The predicted molar refractivity (Wildman–Crippen MR) is 78.2 cm³/mol. The molecule has 2 amide bonds. The predicted octanol–water partition coefficient (Wildman–Crippen LogP) is 2.28. The molecule has 2 aromatic rings. The zero-order valence-electron chi connectivity index (χ0n) is 11.4. The molecule has 0 saturated carbocycles. The maximum atomic E-state index is 12.0. The Kier molecular flexibility index (Phi) is 4.06. The van der Waals surface area contributed by atoms with E-state index in [2.05, 4.69) is 21.7 Å². The third kappa shape index (κ3) is 2.98. The Balaban J connectivity index is 2.03. The lowest BCUT2D eigenvalue weighted by Gasteiger charge is -2.15. The smallest absolute Gasteiger partial charge is 0.320 e. The largest absolute Gasteiger partial charge is 0.331 e. The van der Waals surface area contributed by atoms with Gasteiger partial charge >= 0.3 is 6.03 Å². The first-order valence-corrected chi connectivity index (χ1v) is 6.23. The molecule has 2 N–H and O–H groups in total. The van der Waals surface area contributed by atoms with E-state index in [-0.39, 0.29) is 12.1 Å². The Bertz CT molecular complexity index is 640. The van der Waals surface area contributed by atoms with E-state index in [0.717, 1.165) is 5.56 Å². The van der Waals surface area contributed by atoms with Crippen LogP contribution in [0.15, 0.2) is 36.5 Å². The van der Waals surface area contributed by atoms with Crippen molar-refractivity contribution in [2.75, 3.05) is 5.32 Å². The molecule has 2 rings (SSSR count). The standard InChI is InChI=1S/C15H16N4O/c1-4-12-10-16-19(3)14(12)18-15(20)17-11(2)13-8-6-5-7-9-13/h1,5-11H,2-3H3,(H2,17,18,20)/t11-/m1/s1. The number of aryl methyl sites for hydroxylation is 1. The average Bonchev–Trinajstić information content (AvgIpc) is 2.80. The zero-order valence-corrected chi connectivity index (χ0v) is 11.4. The summed E-state index contributed by atoms with van der Waals surface area (Å²) >= 11 is 0. The molecule has 0 fully saturated rings. The number of rotatable bonds is 3. The average molecular weight is 268 g/mol. The molecule has 0 aliphatic carbocycles. The second kappa shape index (κ2) is 5.93. The lowest BCUT2D eigenvalue weighted by molar-refractivity contribution is 0.249. The monoisotopic (exact) mass is 268 g/mol. The Morgan fingerprint density at radius 2 is 2.10 bits per heavy atom. The van der Waals surface area contributed by atoms with E-state index in [9.17, 15) is 4.79 Å². The van der Waals surface area contributed by atoms with Gasteiger partial charge in [-0.3, -0.25) is 10.00 Å². The summed E-state index contributed by atoms with van der Waals surface area (Å²) in [6.07, 6.45) is 6.89. The van der Waals surface area contributed by atoms with Crippen LogP contribution >= 0.6 is 0 Å². The summed E-state index contributed by atoms with van der Waals surface area (Å²) in [5.74, 6) is 2.99. The van der Waals surface area contributed by atoms with Gasteiger partial charge in [0.1, 0.15) is 5.82 Å². The Hall–Kier alpha value is -2.74. The number of urea groups is 1. The van der Waals surface area contributed by atoms with Crippen molar-refractivity contribution in [1.29, 1.82) is 0 Å². The Morgan fingerprint density at radius 1 is 1.40 bits per heavy atom. The molecule has 0 radical (unpaired) electrons. The van der Waals surface area contributed by atoms with Crippen LogP contribution in [-0.4, -0.2) is 15.8 Å². The molecule has 0 bridgehead atoms. The van der Waals surface area contributed by atoms with E-state index in [4.69, 9.17) is 6.42 Å². The van der Waals surface area contributed by atoms with Gasteiger partial charge in [0.25, 0.3) is 0 Å². The normalized spacial score (nSPS) is 11.4. The summed E-state index contributed by atoms with van der Waals surface area (Å²) < 4.78 is 1.53. The van der Waals surface area contributed by atoms with Gasteiger partial charge in [-0.2, -0.15) is 5.10 Å². The molecule has 1 heterocycles. The molecule has 0 aliphatic heterocycles. The zero-order chi connectivity index (χ0) is 14.5. The van der Waals surface area contributed by atoms with Crippen molar-refractivity contribution in [3.05, 3.63) is 47.7 Å². The van der Waals surface area contributed by atoms with Crippen molar-refractivity contribution < 1.29 is 4.79 Å². The van der Waals surface area contributed by atoms with Crippen molar-refractivity contribution in [2.24, 2.45) is 7.05 Å². The molecule has 0 unspecified atom stereocenters. The van der Waals surface area contributed by atoms with Crippen LogP contribution in [0.1, 0.15) is 24.1 Å². The van der Waals surface area contributed by atoms with Crippen LogP contribution < -0.4 is 10.6 Å².